The Kier molecular flexibility index (Phi) is 3.62. The summed E-state index contributed by atoms with van der Waals surface area (Å²) in [5, 5.41) is 3.70. The molecule has 1 aromatic carbocycles. The normalized spacial score (nSPS) is 14.4. The molecule has 6 nitrogen and oxygen atoms in total. The summed E-state index contributed by atoms with van der Waals surface area (Å²) in [5.41, 5.74) is 5.37. The number of allylic oxidation sites excluding steroid dienone is 1. The highest BCUT2D eigenvalue weighted by Gasteiger charge is 2.20. The van der Waals surface area contributed by atoms with E-state index in [0.29, 0.717) is 11.3 Å². The molecule has 0 bridgehead atoms. The van der Waals surface area contributed by atoms with Gasteiger partial charge in [-0.05, 0) is 25.1 Å². The maximum atomic E-state index is 11.7. The number of benzene rings is 1. The zero-order chi connectivity index (χ0) is 14.0. The van der Waals surface area contributed by atoms with Gasteiger partial charge in [0.15, 0.2) is 0 Å². The fourth-order valence-corrected chi connectivity index (χ4v) is 1.97. The summed E-state index contributed by atoms with van der Waals surface area (Å²) in [7, 11) is 4.77. The molecule has 6 heteroatoms. The molecular weight excluding hydrogens is 246 g/mol. The maximum Gasteiger partial charge on any atom is 0.341 e. The van der Waals surface area contributed by atoms with Gasteiger partial charge in [-0.25, -0.2) is 4.79 Å². The number of carbonyl (C=O) groups excluding carboxylic acids is 1. The van der Waals surface area contributed by atoms with Crippen LogP contribution in [0.15, 0.2) is 30.1 Å². The van der Waals surface area contributed by atoms with Crippen molar-refractivity contribution in [2.24, 2.45) is 0 Å². The van der Waals surface area contributed by atoms with Gasteiger partial charge in [-0.3, -0.25) is 10.0 Å². The van der Waals surface area contributed by atoms with Crippen molar-refractivity contribution < 1.29 is 14.3 Å². The molecule has 1 heterocycles. The summed E-state index contributed by atoms with van der Waals surface area (Å²) in [4.78, 5) is 11.7. The lowest BCUT2D eigenvalue weighted by Crippen LogP contribution is -2.38. The highest BCUT2D eigenvalue weighted by Crippen LogP contribution is 2.28. The van der Waals surface area contributed by atoms with Gasteiger partial charge < -0.3 is 9.47 Å². The molecule has 102 valence electrons. The molecule has 0 fully saturated rings. The zero-order valence-electron chi connectivity index (χ0n) is 11.4. The summed E-state index contributed by atoms with van der Waals surface area (Å²) in [6.07, 6.45) is 1.95. The molecule has 0 saturated carbocycles. The Morgan fingerprint density at radius 1 is 1.32 bits per heavy atom. The lowest BCUT2D eigenvalue weighted by molar-refractivity contribution is 0.0597. The molecule has 1 aliphatic heterocycles. The number of hydrogen-bond acceptors (Lipinski definition) is 6. The van der Waals surface area contributed by atoms with E-state index in [9.17, 15) is 4.79 Å². The first kappa shape index (κ1) is 13.2. The summed E-state index contributed by atoms with van der Waals surface area (Å²) in [6.45, 7) is 1.97. The highest BCUT2D eigenvalue weighted by atomic mass is 16.5. The van der Waals surface area contributed by atoms with Gasteiger partial charge in [0.25, 0.3) is 0 Å². The fraction of sp³-hybridized carbons (Fsp3) is 0.308. The Bertz CT molecular complexity index is 528. The van der Waals surface area contributed by atoms with Crippen LogP contribution in [0.4, 0.5) is 5.69 Å². The van der Waals surface area contributed by atoms with E-state index in [1.165, 1.54) is 14.2 Å². The van der Waals surface area contributed by atoms with E-state index in [1.54, 1.807) is 12.1 Å². The van der Waals surface area contributed by atoms with Crippen molar-refractivity contribution >= 4 is 11.7 Å². The number of esters is 1. The van der Waals surface area contributed by atoms with Gasteiger partial charge in [-0.15, -0.1) is 5.53 Å². The third kappa shape index (κ3) is 2.48. The van der Waals surface area contributed by atoms with Gasteiger partial charge >= 0.3 is 5.97 Å². The molecule has 0 unspecified atom stereocenters. The van der Waals surface area contributed by atoms with E-state index in [2.05, 4.69) is 5.53 Å². The Morgan fingerprint density at radius 2 is 2.05 bits per heavy atom. The number of hydrazine groups is 2. The van der Waals surface area contributed by atoms with E-state index in [0.717, 1.165) is 11.4 Å². The number of ether oxygens (including phenoxy) is 2. The summed E-state index contributed by atoms with van der Waals surface area (Å²) in [5.74, 6) is 0.0673. The molecule has 0 saturated heterocycles. The number of rotatable bonds is 3. The van der Waals surface area contributed by atoms with E-state index in [1.807, 2.05) is 36.3 Å². The number of methoxy groups -OCH3 is 2. The molecule has 1 aromatic rings. The molecular formula is C13H17N3O3. The highest BCUT2D eigenvalue weighted by molar-refractivity contribution is 5.93. The van der Waals surface area contributed by atoms with Crippen molar-refractivity contribution in [1.29, 1.82) is 0 Å². The second-order valence-electron chi connectivity index (χ2n) is 4.19. The zero-order valence-corrected chi connectivity index (χ0v) is 11.4. The topological polar surface area (TPSA) is 54.0 Å². The molecule has 0 aromatic heterocycles. The molecule has 0 atom stereocenters. The van der Waals surface area contributed by atoms with E-state index in [4.69, 9.17) is 9.47 Å². The molecule has 0 spiro atoms. The van der Waals surface area contributed by atoms with Crippen LogP contribution in [0.5, 0.6) is 5.75 Å². The van der Waals surface area contributed by atoms with E-state index < -0.39 is 5.97 Å². The van der Waals surface area contributed by atoms with Crippen LogP contribution < -0.4 is 15.3 Å². The van der Waals surface area contributed by atoms with Gasteiger partial charge in [0, 0.05) is 13.2 Å². The minimum atomic E-state index is -0.423. The van der Waals surface area contributed by atoms with Crippen LogP contribution in [0.3, 0.4) is 0 Å². The third-order valence-corrected chi connectivity index (χ3v) is 2.84. The van der Waals surface area contributed by atoms with Crippen molar-refractivity contribution in [1.82, 2.24) is 10.5 Å². The fourth-order valence-electron chi connectivity index (χ4n) is 1.97. The van der Waals surface area contributed by atoms with Crippen molar-refractivity contribution in [3.05, 3.63) is 35.7 Å². The molecule has 19 heavy (non-hydrogen) atoms. The first-order chi connectivity index (χ1) is 9.06. The Labute approximate surface area is 112 Å². The van der Waals surface area contributed by atoms with Gasteiger partial charge in [0.05, 0.1) is 25.6 Å². The summed E-state index contributed by atoms with van der Waals surface area (Å²) in [6, 6.07) is 5.35. The molecule has 1 N–H and O–H groups in total. The van der Waals surface area contributed by atoms with E-state index in [-0.39, 0.29) is 0 Å². The first-order valence-corrected chi connectivity index (χ1v) is 5.81. The van der Waals surface area contributed by atoms with Crippen molar-refractivity contribution in [2.75, 3.05) is 26.3 Å². The number of anilines is 1. The van der Waals surface area contributed by atoms with Crippen molar-refractivity contribution in [2.45, 2.75) is 6.92 Å². The van der Waals surface area contributed by atoms with Crippen molar-refractivity contribution in [3.63, 3.8) is 0 Å². The van der Waals surface area contributed by atoms with E-state index >= 15 is 0 Å². The number of nitrogens with zero attached hydrogens (tertiary/aromatic N) is 2. The van der Waals surface area contributed by atoms with Crippen LogP contribution in [-0.4, -0.2) is 32.2 Å². The van der Waals surface area contributed by atoms with Crippen molar-refractivity contribution in [3.8, 4) is 5.75 Å². The minimum absolute atomic E-state index is 0.395. The first-order valence-electron chi connectivity index (χ1n) is 5.81. The van der Waals surface area contributed by atoms with Crippen LogP contribution in [0.25, 0.3) is 0 Å². The lowest BCUT2D eigenvalue weighted by atomic mass is 10.1. The maximum absolute atomic E-state index is 11.7. The predicted octanol–water partition coefficient (Wildman–Crippen LogP) is 1.51. The number of carbonyl (C=O) groups is 1. The SMILES string of the molecule is COC(=O)c1cc(N2NN(C)C=C2C)ccc1OC. The Morgan fingerprint density at radius 3 is 2.58 bits per heavy atom. The van der Waals surface area contributed by atoms with Gasteiger partial charge in [-0.2, -0.15) is 0 Å². The average molecular weight is 263 g/mol. The van der Waals surface area contributed by atoms with Crippen LogP contribution in [-0.2, 0) is 4.74 Å². The van der Waals surface area contributed by atoms with Crippen LogP contribution >= 0.6 is 0 Å². The lowest BCUT2D eigenvalue weighted by Gasteiger charge is -2.22. The monoisotopic (exact) mass is 263 g/mol. The standard InChI is InChI=1S/C13H17N3O3/c1-9-8-15(2)14-16(9)10-5-6-12(18-3)11(7-10)13(17)19-4/h5-8,14H,1-4H3. The largest absolute Gasteiger partial charge is 0.496 e. The number of nitrogens with one attached hydrogen (secondary N) is 1. The van der Waals surface area contributed by atoms with Gasteiger partial charge in [0.2, 0.25) is 0 Å². The van der Waals surface area contributed by atoms with Gasteiger partial charge in [0.1, 0.15) is 11.3 Å². The average Bonchev–Trinajstić information content (AvgIpc) is 2.76. The van der Waals surface area contributed by atoms with Crippen LogP contribution in [0.1, 0.15) is 17.3 Å². The molecule has 2 rings (SSSR count). The van der Waals surface area contributed by atoms with Gasteiger partial charge in [-0.1, -0.05) is 0 Å². The summed E-state index contributed by atoms with van der Waals surface area (Å²) >= 11 is 0. The third-order valence-electron chi connectivity index (χ3n) is 2.84. The smallest absolute Gasteiger partial charge is 0.341 e. The second kappa shape index (κ2) is 5.19. The quantitative estimate of drug-likeness (QED) is 0.834. The second-order valence-corrected chi connectivity index (χ2v) is 4.19. The predicted molar refractivity (Wildman–Crippen MR) is 71.5 cm³/mol. The Balaban J connectivity index is 2.38. The minimum Gasteiger partial charge on any atom is -0.496 e. The molecule has 0 radical (unpaired) electrons. The molecule has 0 amide bonds. The van der Waals surface area contributed by atoms with Crippen LogP contribution in [0.2, 0.25) is 0 Å². The Hall–Kier alpha value is -2.21. The van der Waals surface area contributed by atoms with Crippen LogP contribution in [0, 0.1) is 0 Å². The number of hydrogen-bond donors (Lipinski definition) is 1. The molecule has 1 aliphatic rings. The summed E-state index contributed by atoms with van der Waals surface area (Å²) < 4.78 is 9.93. The molecule has 0 aliphatic carbocycles.